The van der Waals surface area contributed by atoms with E-state index in [1.54, 1.807) is 25.3 Å². The molecule has 0 unspecified atom stereocenters. The van der Waals surface area contributed by atoms with Gasteiger partial charge in [-0.15, -0.1) is 0 Å². The number of rotatable bonds is 7. The van der Waals surface area contributed by atoms with E-state index in [4.69, 9.17) is 9.47 Å². The van der Waals surface area contributed by atoms with Gasteiger partial charge in [-0.25, -0.2) is 23.1 Å². The Kier molecular flexibility index (Phi) is 5.15. The molecule has 140 valence electrons. The van der Waals surface area contributed by atoms with Crippen molar-refractivity contribution < 1.29 is 17.9 Å². The van der Waals surface area contributed by atoms with E-state index < -0.39 is 16.1 Å². The SMILES string of the molecule is COc1cc(C)c(S(=O)(=O)N[C@@H](c2nccc(C)n2)C2CC2)cc1OC. The van der Waals surface area contributed by atoms with Crippen LogP contribution in [0.2, 0.25) is 0 Å². The van der Waals surface area contributed by atoms with Crippen LogP contribution in [0.4, 0.5) is 0 Å². The number of hydrogen-bond donors (Lipinski definition) is 1. The third-order valence-electron chi connectivity index (χ3n) is 4.44. The highest BCUT2D eigenvalue weighted by atomic mass is 32.2. The largest absolute Gasteiger partial charge is 0.493 e. The van der Waals surface area contributed by atoms with Crippen LogP contribution in [0.15, 0.2) is 29.3 Å². The molecule has 0 spiro atoms. The lowest BCUT2D eigenvalue weighted by Crippen LogP contribution is -2.31. The molecule has 1 saturated carbocycles. The Bertz CT molecular complexity index is 911. The molecule has 0 amide bonds. The smallest absolute Gasteiger partial charge is 0.241 e. The van der Waals surface area contributed by atoms with Gasteiger partial charge in [0.15, 0.2) is 11.5 Å². The number of hydrogen-bond acceptors (Lipinski definition) is 6. The summed E-state index contributed by atoms with van der Waals surface area (Å²) >= 11 is 0. The fourth-order valence-corrected chi connectivity index (χ4v) is 4.39. The lowest BCUT2D eigenvalue weighted by atomic mass is 10.2. The van der Waals surface area contributed by atoms with Gasteiger partial charge in [0.25, 0.3) is 0 Å². The summed E-state index contributed by atoms with van der Waals surface area (Å²) in [6.45, 7) is 3.59. The molecule has 2 aromatic rings. The molecular formula is C18H23N3O4S. The zero-order chi connectivity index (χ0) is 18.9. The first kappa shape index (κ1) is 18.6. The van der Waals surface area contributed by atoms with Gasteiger partial charge in [-0.2, -0.15) is 0 Å². The highest BCUT2D eigenvalue weighted by molar-refractivity contribution is 7.89. The first-order chi connectivity index (χ1) is 12.4. The van der Waals surface area contributed by atoms with E-state index in [1.165, 1.54) is 20.3 Å². The van der Waals surface area contributed by atoms with Crippen molar-refractivity contribution >= 4 is 10.0 Å². The van der Waals surface area contributed by atoms with Gasteiger partial charge in [0.2, 0.25) is 10.0 Å². The highest BCUT2D eigenvalue weighted by Gasteiger charge is 2.37. The molecule has 1 aromatic heterocycles. The zero-order valence-corrected chi connectivity index (χ0v) is 16.1. The third-order valence-corrected chi connectivity index (χ3v) is 6.02. The lowest BCUT2D eigenvalue weighted by molar-refractivity contribution is 0.353. The van der Waals surface area contributed by atoms with Crippen molar-refractivity contribution in [3.05, 3.63) is 41.5 Å². The Balaban J connectivity index is 1.97. The maximum Gasteiger partial charge on any atom is 0.241 e. The topological polar surface area (TPSA) is 90.4 Å². The number of ether oxygens (including phenoxy) is 2. The van der Waals surface area contributed by atoms with Gasteiger partial charge in [0.05, 0.1) is 25.2 Å². The first-order valence-electron chi connectivity index (χ1n) is 8.40. The molecule has 0 radical (unpaired) electrons. The molecule has 1 fully saturated rings. The quantitative estimate of drug-likeness (QED) is 0.797. The summed E-state index contributed by atoms with van der Waals surface area (Å²) in [5.41, 5.74) is 1.39. The maximum absolute atomic E-state index is 13.1. The fourth-order valence-electron chi connectivity index (χ4n) is 2.89. The van der Waals surface area contributed by atoms with Crippen LogP contribution in [0.3, 0.4) is 0 Å². The molecule has 1 aliphatic rings. The van der Waals surface area contributed by atoms with Crippen molar-refractivity contribution in [2.45, 2.75) is 37.6 Å². The van der Waals surface area contributed by atoms with E-state index in [0.29, 0.717) is 22.9 Å². The van der Waals surface area contributed by atoms with Gasteiger partial charge in [0.1, 0.15) is 5.82 Å². The van der Waals surface area contributed by atoms with Crippen molar-refractivity contribution in [3.8, 4) is 11.5 Å². The monoisotopic (exact) mass is 377 g/mol. The molecule has 1 heterocycles. The minimum Gasteiger partial charge on any atom is -0.493 e. The van der Waals surface area contributed by atoms with E-state index in [-0.39, 0.29) is 10.8 Å². The molecule has 26 heavy (non-hydrogen) atoms. The fraction of sp³-hybridized carbons (Fsp3) is 0.444. The van der Waals surface area contributed by atoms with Crippen LogP contribution in [0, 0.1) is 19.8 Å². The lowest BCUT2D eigenvalue weighted by Gasteiger charge is -2.19. The van der Waals surface area contributed by atoms with Crippen LogP contribution in [0.25, 0.3) is 0 Å². The molecule has 7 nitrogen and oxygen atoms in total. The summed E-state index contributed by atoms with van der Waals surface area (Å²) in [7, 11) is -0.787. The molecule has 1 aromatic carbocycles. The number of methoxy groups -OCH3 is 2. The summed E-state index contributed by atoms with van der Waals surface area (Å²) in [6.07, 6.45) is 3.56. The average molecular weight is 377 g/mol. The normalized spacial score (nSPS) is 15.5. The van der Waals surface area contributed by atoms with E-state index >= 15 is 0 Å². The van der Waals surface area contributed by atoms with Crippen molar-refractivity contribution in [2.75, 3.05) is 14.2 Å². The van der Waals surface area contributed by atoms with Gasteiger partial charge in [0, 0.05) is 18.0 Å². The van der Waals surface area contributed by atoms with Gasteiger partial charge >= 0.3 is 0 Å². The summed E-state index contributed by atoms with van der Waals surface area (Å²) in [6, 6.07) is 4.49. The molecular weight excluding hydrogens is 354 g/mol. The zero-order valence-electron chi connectivity index (χ0n) is 15.3. The first-order valence-corrected chi connectivity index (χ1v) is 9.88. The predicted octanol–water partition coefficient (Wildman–Crippen LogP) is 2.54. The van der Waals surface area contributed by atoms with Crippen LogP contribution in [0.5, 0.6) is 11.5 Å². The summed E-state index contributed by atoms with van der Waals surface area (Å²) in [5, 5.41) is 0. The number of aromatic nitrogens is 2. The molecule has 1 atom stereocenters. The van der Waals surface area contributed by atoms with E-state index in [9.17, 15) is 8.42 Å². The number of nitrogens with one attached hydrogen (secondary N) is 1. The van der Waals surface area contributed by atoms with Crippen molar-refractivity contribution in [3.63, 3.8) is 0 Å². The average Bonchev–Trinajstić information content (AvgIpc) is 3.44. The number of benzene rings is 1. The summed E-state index contributed by atoms with van der Waals surface area (Å²) in [4.78, 5) is 8.85. The minimum absolute atomic E-state index is 0.161. The highest BCUT2D eigenvalue weighted by Crippen LogP contribution is 2.41. The van der Waals surface area contributed by atoms with Crippen molar-refractivity contribution in [1.29, 1.82) is 0 Å². The Morgan fingerprint density at radius 3 is 2.38 bits per heavy atom. The Morgan fingerprint density at radius 1 is 1.15 bits per heavy atom. The number of sulfonamides is 1. The van der Waals surface area contributed by atoms with Crippen LogP contribution >= 0.6 is 0 Å². The molecule has 0 saturated heterocycles. The van der Waals surface area contributed by atoms with E-state index in [0.717, 1.165) is 18.5 Å². The maximum atomic E-state index is 13.1. The van der Waals surface area contributed by atoms with Crippen LogP contribution in [0.1, 0.15) is 36.0 Å². The van der Waals surface area contributed by atoms with Gasteiger partial charge in [-0.05, 0) is 50.3 Å². The second-order valence-corrected chi connectivity index (χ2v) is 8.15. The summed E-state index contributed by atoms with van der Waals surface area (Å²) in [5.74, 6) is 1.58. The van der Waals surface area contributed by atoms with E-state index in [2.05, 4.69) is 14.7 Å². The Hall–Kier alpha value is -2.19. The Morgan fingerprint density at radius 2 is 1.81 bits per heavy atom. The predicted molar refractivity (Wildman–Crippen MR) is 96.8 cm³/mol. The third kappa shape index (κ3) is 3.81. The van der Waals surface area contributed by atoms with Gasteiger partial charge < -0.3 is 9.47 Å². The number of aryl methyl sites for hydroxylation is 2. The second kappa shape index (κ2) is 7.20. The molecule has 1 aliphatic carbocycles. The van der Waals surface area contributed by atoms with Gasteiger partial charge in [-0.1, -0.05) is 0 Å². The van der Waals surface area contributed by atoms with Crippen LogP contribution < -0.4 is 14.2 Å². The van der Waals surface area contributed by atoms with Crippen molar-refractivity contribution in [1.82, 2.24) is 14.7 Å². The molecule has 1 N–H and O–H groups in total. The van der Waals surface area contributed by atoms with Crippen LogP contribution in [-0.2, 0) is 10.0 Å². The molecule has 8 heteroatoms. The van der Waals surface area contributed by atoms with Crippen molar-refractivity contribution in [2.24, 2.45) is 5.92 Å². The summed E-state index contributed by atoms with van der Waals surface area (Å²) < 4.78 is 39.4. The number of nitrogens with zero attached hydrogens (tertiary/aromatic N) is 2. The second-order valence-electron chi connectivity index (χ2n) is 6.47. The van der Waals surface area contributed by atoms with Crippen LogP contribution in [-0.4, -0.2) is 32.6 Å². The standard InChI is InChI=1S/C18H23N3O4S/c1-11-9-14(24-3)15(25-4)10-16(11)26(22,23)21-17(13-5-6-13)18-19-8-7-12(2)20-18/h7-10,13,17,21H,5-6H2,1-4H3/t17-/m1/s1. The molecule has 0 bridgehead atoms. The Labute approximate surface area is 153 Å². The minimum atomic E-state index is -3.78. The van der Waals surface area contributed by atoms with E-state index in [1.807, 2.05) is 6.92 Å². The molecule has 0 aliphatic heterocycles. The van der Waals surface area contributed by atoms with Gasteiger partial charge in [-0.3, -0.25) is 0 Å². The molecule has 3 rings (SSSR count).